The summed E-state index contributed by atoms with van der Waals surface area (Å²) in [7, 11) is 0. The number of carbonyl (C=O) groups excluding carboxylic acids is 1. The van der Waals surface area contributed by atoms with Gasteiger partial charge in [0, 0.05) is 32.8 Å². The van der Waals surface area contributed by atoms with Crippen LogP contribution in [0.2, 0.25) is 5.02 Å². The second kappa shape index (κ2) is 5.60. The Morgan fingerprint density at radius 1 is 1.12 bits per heavy atom. The second-order valence-corrected chi connectivity index (χ2v) is 7.76. The lowest BCUT2D eigenvalue weighted by Gasteiger charge is -2.10. The zero-order valence-electron chi connectivity index (χ0n) is 13.7. The summed E-state index contributed by atoms with van der Waals surface area (Å²) in [6.07, 6.45) is 0.755. The van der Waals surface area contributed by atoms with Gasteiger partial charge in [-0.15, -0.1) is 12.6 Å². The van der Waals surface area contributed by atoms with Crippen molar-refractivity contribution in [2.24, 2.45) is 0 Å². The zero-order chi connectivity index (χ0) is 17.9. The van der Waals surface area contributed by atoms with Gasteiger partial charge in [-0.3, -0.25) is 9.78 Å². The van der Waals surface area contributed by atoms with E-state index in [1.807, 2.05) is 54.6 Å². The lowest BCUT2D eigenvalue weighted by Crippen LogP contribution is -2.21. The maximum Gasteiger partial charge on any atom is 0.235 e. The van der Waals surface area contributed by atoms with Gasteiger partial charge in [0.2, 0.25) is 5.91 Å². The molecule has 1 aliphatic carbocycles. The number of thiol groups is 1. The van der Waals surface area contributed by atoms with Crippen LogP contribution < -0.4 is 5.32 Å². The van der Waals surface area contributed by atoms with Gasteiger partial charge in [0.05, 0.1) is 11.1 Å². The van der Waals surface area contributed by atoms with E-state index in [-0.39, 0.29) is 11.8 Å². The molecule has 1 fully saturated rings. The first-order chi connectivity index (χ1) is 12.6. The van der Waals surface area contributed by atoms with Crippen molar-refractivity contribution in [3.63, 3.8) is 0 Å². The number of anilines is 1. The molecular weight excluding hydrogens is 364 g/mol. The molecule has 128 valence electrons. The molecular formula is C21H15ClN2OS. The van der Waals surface area contributed by atoms with Gasteiger partial charge in [0.15, 0.2) is 0 Å². The summed E-state index contributed by atoms with van der Waals surface area (Å²) in [4.78, 5) is 18.5. The fourth-order valence-electron chi connectivity index (χ4n) is 4.01. The number of nitrogens with one attached hydrogen (secondary N) is 1. The summed E-state index contributed by atoms with van der Waals surface area (Å²) in [6.45, 7) is 0. The summed E-state index contributed by atoms with van der Waals surface area (Å²) in [5, 5.41) is 3.64. The monoisotopic (exact) mass is 378 g/mol. The molecule has 1 spiro atoms. The van der Waals surface area contributed by atoms with Gasteiger partial charge in [-0.1, -0.05) is 35.9 Å². The number of benzene rings is 2. The van der Waals surface area contributed by atoms with Gasteiger partial charge >= 0.3 is 0 Å². The summed E-state index contributed by atoms with van der Waals surface area (Å²) >= 11 is 10.7. The van der Waals surface area contributed by atoms with Gasteiger partial charge in [0.25, 0.3) is 0 Å². The largest absolute Gasteiger partial charge is 0.325 e. The minimum atomic E-state index is -0.535. The lowest BCUT2D eigenvalue weighted by atomic mass is 9.93. The van der Waals surface area contributed by atoms with Crippen molar-refractivity contribution in [3.05, 3.63) is 76.9 Å². The van der Waals surface area contributed by atoms with E-state index in [2.05, 4.69) is 17.9 Å². The highest BCUT2D eigenvalue weighted by molar-refractivity contribution is 7.80. The molecule has 1 aliphatic heterocycles. The molecule has 5 rings (SSSR count). The van der Waals surface area contributed by atoms with Crippen LogP contribution in [0, 0.1) is 0 Å². The Morgan fingerprint density at radius 2 is 1.96 bits per heavy atom. The number of hydrogen-bond acceptors (Lipinski definition) is 3. The summed E-state index contributed by atoms with van der Waals surface area (Å²) in [5.74, 6) is 0.107. The molecule has 1 N–H and O–H groups in total. The van der Waals surface area contributed by atoms with Crippen LogP contribution in [0.15, 0.2) is 65.6 Å². The number of rotatable bonds is 2. The summed E-state index contributed by atoms with van der Waals surface area (Å²) < 4.78 is 0. The van der Waals surface area contributed by atoms with Gasteiger partial charge in [-0.2, -0.15) is 0 Å². The highest BCUT2D eigenvalue weighted by atomic mass is 35.5. The van der Waals surface area contributed by atoms with Crippen molar-refractivity contribution in [3.8, 4) is 11.3 Å². The number of fused-ring (bicyclic) bond motifs is 2. The molecule has 0 radical (unpaired) electrons. The van der Waals surface area contributed by atoms with Gasteiger partial charge < -0.3 is 5.32 Å². The normalized spacial score (nSPS) is 23.0. The van der Waals surface area contributed by atoms with E-state index in [1.165, 1.54) is 0 Å². The fraction of sp³-hybridized carbons (Fsp3) is 0.143. The molecule has 2 aliphatic rings. The number of amides is 1. The van der Waals surface area contributed by atoms with Crippen LogP contribution in [0.3, 0.4) is 0 Å². The van der Waals surface area contributed by atoms with E-state index in [0.29, 0.717) is 5.02 Å². The van der Waals surface area contributed by atoms with Crippen molar-refractivity contribution in [2.75, 3.05) is 5.32 Å². The van der Waals surface area contributed by atoms with E-state index in [9.17, 15) is 4.79 Å². The zero-order valence-corrected chi connectivity index (χ0v) is 15.4. The Kier molecular flexibility index (Phi) is 3.43. The highest BCUT2D eigenvalue weighted by Gasteiger charge is 2.65. The van der Waals surface area contributed by atoms with Crippen LogP contribution in [0.1, 0.15) is 23.6 Å². The van der Waals surface area contributed by atoms with Crippen molar-refractivity contribution in [1.29, 1.82) is 0 Å². The molecule has 26 heavy (non-hydrogen) atoms. The maximum absolute atomic E-state index is 12.7. The Bertz CT molecular complexity index is 1070. The Balaban J connectivity index is 1.56. The van der Waals surface area contributed by atoms with Crippen LogP contribution in [0.25, 0.3) is 11.3 Å². The minimum Gasteiger partial charge on any atom is -0.325 e. The average molecular weight is 379 g/mol. The third-order valence-electron chi connectivity index (χ3n) is 5.38. The van der Waals surface area contributed by atoms with Crippen molar-refractivity contribution >= 4 is 35.8 Å². The molecule has 2 atom stereocenters. The molecule has 0 unspecified atom stereocenters. The van der Waals surface area contributed by atoms with E-state index < -0.39 is 5.41 Å². The number of halogens is 1. The van der Waals surface area contributed by atoms with E-state index >= 15 is 0 Å². The molecule has 2 heterocycles. The molecule has 5 heteroatoms. The number of carbonyl (C=O) groups is 1. The lowest BCUT2D eigenvalue weighted by molar-refractivity contribution is -0.118. The second-order valence-electron chi connectivity index (χ2n) is 6.84. The first-order valence-electron chi connectivity index (χ1n) is 8.46. The first kappa shape index (κ1) is 15.9. The maximum atomic E-state index is 12.7. The Morgan fingerprint density at radius 3 is 2.81 bits per heavy atom. The smallest absolute Gasteiger partial charge is 0.235 e. The molecule has 2 aromatic carbocycles. The molecule has 0 saturated heterocycles. The van der Waals surface area contributed by atoms with E-state index in [4.69, 9.17) is 16.6 Å². The Labute approximate surface area is 161 Å². The summed E-state index contributed by atoms with van der Waals surface area (Å²) in [5.41, 5.74) is 4.11. The predicted octanol–water partition coefficient (Wildman–Crippen LogP) is 5.07. The fourth-order valence-corrected chi connectivity index (χ4v) is 4.45. The van der Waals surface area contributed by atoms with Gasteiger partial charge in [0.1, 0.15) is 0 Å². The first-order valence-corrected chi connectivity index (χ1v) is 9.29. The molecule has 0 bridgehead atoms. The number of nitrogens with zero attached hydrogens (tertiary/aromatic N) is 1. The SMILES string of the molecule is O=C1Nc2ccc(Cl)cc2[C@@]12C[C@@H]2c1cccc(-c2ccccc2S)n1. The van der Waals surface area contributed by atoms with Crippen LogP contribution >= 0.6 is 24.2 Å². The Hall–Kier alpha value is -2.30. The van der Waals surface area contributed by atoms with Crippen molar-refractivity contribution in [2.45, 2.75) is 22.6 Å². The van der Waals surface area contributed by atoms with Crippen LogP contribution in [0.5, 0.6) is 0 Å². The number of aromatic nitrogens is 1. The van der Waals surface area contributed by atoms with Crippen LogP contribution in [-0.4, -0.2) is 10.9 Å². The molecule has 1 aromatic heterocycles. The van der Waals surface area contributed by atoms with Crippen molar-refractivity contribution in [1.82, 2.24) is 4.98 Å². The molecule has 1 saturated carbocycles. The van der Waals surface area contributed by atoms with Crippen LogP contribution in [-0.2, 0) is 10.2 Å². The van der Waals surface area contributed by atoms with E-state index in [0.717, 1.165) is 39.5 Å². The molecule has 3 nitrogen and oxygen atoms in total. The topological polar surface area (TPSA) is 42.0 Å². The molecule has 1 amide bonds. The van der Waals surface area contributed by atoms with Gasteiger partial charge in [-0.05, 0) is 48.4 Å². The van der Waals surface area contributed by atoms with Crippen LogP contribution in [0.4, 0.5) is 5.69 Å². The van der Waals surface area contributed by atoms with E-state index in [1.54, 1.807) is 6.07 Å². The summed E-state index contributed by atoms with van der Waals surface area (Å²) in [6, 6.07) is 19.5. The molecule has 3 aromatic rings. The highest BCUT2D eigenvalue weighted by Crippen LogP contribution is 2.64. The third kappa shape index (κ3) is 2.22. The predicted molar refractivity (Wildman–Crippen MR) is 106 cm³/mol. The van der Waals surface area contributed by atoms with Gasteiger partial charge in [-0.25, -0.2) is 0 Å². The number of hydrogen-bond donors (Lipinski definition) is 2. The standard InChI is InChI=1S/C21H15ClN2OS/c22-12-8-9-18-14(10-12)21(20(25)24-18)11-15(21)17-6-3-5-16(23-17)13-4-1-2-7-19(13)26/h1-10,15,26H,11H2,(H,24,25)/t15-,21-/m1/s1. The van der Waals surface area contributed by atoms with Crippen molar-refractivity contribution < 1.29 is 4.79 Å². The quantitative estimate of drug-likeness (QED) is 0.611. The third-order valence-corrected chi connectivity index (χ3v) is 6.01. The minimum absolute atomic E-state index is 0.0431. The average Bonchev–Trinajstić information content (AvgIpc) is 3.34. The number of pyridine rings is 1.